The van der Waals surface area contributed by atoms with Gasteiger partial charge in [-0.15, -0.1) is 0 Å². The summed E-state index contributed by atoms with van der Waals surface area (Å²) in [5.41, 5.74) is 0. The molecule has 1 heterocycles. The van der Waals surface area contributed by atoms with Crippen LogP contribution in [0.1, 0.15) is 13.3 Å². The van der Waals surface area contributed by atoms with E-state index in [0.717, 1.165) is 4.48 Å². The van der Waals surface area contributed by atoms with Crippen molar-refractivity contribution in [3.05, 3.63) is 22.8 Å². The van der Waals surface area contributed by atoms with Crippen molar-refractivity contribution in [3.63, 3.8) is 0 Å². The van der Waals surface area contributed by atoms with Gasteiger partial charge in [-0.1, -0.05) is 22.0 Å². The molecule has 0 spiro atoms. The summed E-state index contributed by atoms with van der Waals surface area (Å²) >= 11 is 3.38. The van der Waals surface area contributed by atoms with Crippen LogP contribution in [-0.4, -0.2) is 30.4 Å². The second kappa shape index (κ2) is 5.84. The number of hydrogen-bond donors (Lipinski definition) is 0. The third-order valence-electron chi connectivity index (χ3n) is 2.21. The minimum absolute atomic E-state index is 0.0294. The van der Waals surface area contributed by atoms with Crippen LogP contribution >= 0.6 is 15.9 Å². The van der Waals surface area contributed by atoms with Crippen LogP contribution in [0.15, 0.2) is 22.8 Å². The fourth-order valence-electron chi connectivity index (χ4n) is 1.33. The van der Waals surface area contributed by atoms with Crippen molar-refractivity contribution in [1.82, 2.24) is 4.90 Å². The fourth-order valence-corrected chi connectivity index (χ4v) is 1.95. The summed E-state index contributed by atoms with van der Waals surface area (Å²) in [6, 6.07) is 0. The molecule has 0 bridgehead atoms. The molecular weight excluding hydrogens is 274 g/mol. The maximum Gasteiger partial charge on any atom is 0.330 e. The number of amides is 1. The second-order valence-electron chi connectivity index (χ2n) is 3.44. The normalized spacial score (nSPS) is 21.2. The number of allylic oxidation sites excluding steroid dienone is 2. The van der Waals surface area contributed by atoms with Crippen molar-refractivity contribution in [2.75, 3.05) is 13.7 Å². The Balaban J connectivity index is 2.65. The number of carbonyl (C=O) groups excluding carboxylic acids is 2. The zero-order valence-electron chi connectivity index (χ0n) is 9.27. The molecular formula is C11H14BrNO3. The lowest BCUT2D eigenvalue weighted by atomic mass is 10.0. The van der Waals surface area contributed by atoms with E-state index in [1.165, 1.54) is 11.0 Å². The number of nitrogens with zero attached hydrogens (tertiary/aromatic N) is 1. The Kier molecular flexibility index (Phi) is 4.73. The number of carbonyl (C=O) groups is 2. The zero-order chi connectivity index (χ0) is 12.1. The summed E-state index contributed by atoms with van der Waals surface area (Å²) in [5, 5.41) is 0. The predicted molar refractivity (Wildman–Crippen MR) is 63.7 cm³/mol. The first-order valence-electron chi connectivity index (χ1n) is 5.02. The van der Waals surface area contributed by atoms with Gasteiger partial charge in [0.25, 0.3) is 0 Å². The summed E-state index contributed by atoms with van der Waals surface area (Å²) in [6.07, 6.45) is 5.13. The Morgan fingerprint density at radius 3 is 3.06 bits per heavy atom. The highest BCUT2D eigenvalue weighted by Gasteiger charge is 2.22. The quantitative estimate of drug-likeness (QED) is 0.588. The summed E-state index contributed by atoms with van der Waals surface area (Å²) in [4.78, 5) is 24.1. The molecule has 16 heavy (non-hydrogen) atoms. The van der Waals surface area contributed by atoms with E-state index in [1.807, 2.05) is 0 Å². The van der Waals surface area contributed by atoms with Crippen LogP contribution in [0.3, 0.4) is 0 Å². The zero-order valence-corrected chi connectivity index (χ0v) is 10.9. The van der Waals surface area contributed by atoms with E-state index in [9.17, 15) is 9.59 Å². The molecule has 0 radical (unpaired) electrons. The van der Waals surface area contributed by atoms with Crippen LogP contribution in [0.2, 0.25) is 0 Å². The van der Waals surface area contributed by atoms with Gasteiger partial charge in [0, 0.05) is 36.1 Å². The monoisotopic (exact) mass is 287 g/mol. The van der Waals surface area contributed by atoms with E-state index in [4.69, 9.17) is 4.74 Å². The third-order valence-corrected chi connectivity index (χ3v) is 3.00. The largest absolute Gasteiger partial charge is 0.463 e. The van der Waals surface area contributed by atoms with Gasteiger partial charge in [-0.3, -0.25) is 4.79 Å². The maximum atomic E-state index is 11.4. The molecule has 1 rings (SSSR count). The molecule has 5 heteroatoms. The summed E-state index contributed by atoms with van der Waals surface area (Å²) in [6.45, 7) is 2.10. The van der Waals surface area contributed by atoms with Gasteiger partial charge in [0.15, 0.2) is 0 Å². The molecule has 0 aliphatic carbocycles. The van der Waals surface area contributed by atoms with E-state index in [0.29, 0.717) is 13.0 Å². The number of ether oxygens (including phenoxy) is 1. The standard InChI is InChI=1S/C11H14BrNO3/c1-3-16-11(15)5-4-8-6-10(14)13(2)7-9(8)12/h4-5,7-8H,3,6H2,1-2H3/b5-4+. The third kappa shape index (κ3) is 3.48. The number of esters is 1. The Morgan fingerprint density at radius 2 is 2.44 bits per heavy atom. The molecule has 0 aromatic rings. The minimum atomic E-state index is -0.380. The molecule has 1 amide bonds. The lowest BCUT2D eigenvalue weighted by Crippen LogP contribution is -2.28. The Hall–Kier alpha value is -1.10. The maximum absolute atomic E-state index is 11.4. The lowest BCUT2D eigenvalue weighted by Gasteiger charge is -2.23. The average molecular weight is 288 g/mol. The summed E-state index contributed by atoms with van der Waals surface area (Å²) < 4.78 is 5.64. The molecule has 1 atom stereocenters. The van der Waals surface area contributed by atoms with Crippen LogP contribution < -0.4 is 0 Å². The molecule has 0 saturated heterocycles. The molecule has 1 unspecified atom stereocenters. The summed E-state index contributed by atoms with van der Waals surface area (Å²) in [5.74, 6) is -0.427. The second-order valence-corrected chi connectivity index (χ2v) is 4.36. The van der Waals surface area contributed by atoms with Gasteiger partial charge >= 0.3 is 5.97 Å². The predicted octanol–water partition coefficient (Wildman–Crippen LogP) is 1.82. The van der Waals surface area contributed by atoms with Gasteiger partial charge in [0.05, 0.1) is 6.61 Å². The molecule has 88 valence electrons. The minimum Gasteiger partial charge on any atom is -0.463 e. The van der Waals surface area contributed by atoms with Crippen LogP contribution in [0.25, 0.3) is 0 Å². The highest BCUT2D eigenvalue weighted by Crippen LogP contribution is 2.27. The van der Waals surface area contributed by atoms with Crippen LogP contribution in [0.5, 0.6) is 0 Å². The summed E-state index contributed by atoms with van der Waals surface area (Å²) in [7, 11) is 1.70. The van der Waals surface area contributed by atoms with Gasteiger partial charge in [-0.05, 0) is 6.92 Å². The number of hydrogen-bond acceptors (Lipinski definition) is 3. The number of rotatable bonds is 3. The van der Waals surface area contributed by atoms with Crippen molar-refractivity contribution < 1.29 is 14.3 Å². The van der Waals surface area contributed by atoms with E-state index in [1.54, 1.807) is 26.2 Å². The first kappa shape index (κ1) is 13.0. The first-order valence-corrected chi connectivity index (χ1v) is 5.81. The van der Waals surface area contributed by atoms with Gasteiger partial charge < -0.3 is 9.64 Å². The topological polar surface area (TPSA) is 46.6 Å². The molecule has 4 nitrogen and oxygen atoms in total. The molecule has 0 aromatic heterocycles. The van der Waals surface area contributed by atoms with Crippen molar-refractivity contribution in [2.45, 2.75) is 13.3 Å². The number of halogens is 1. The molecule has 0 saturated carbocycles. The fraction of sp³-hybridized carbons (Fsp3) is 0.455. The van der Waals surface area contributed by atoms with Crippen molar-refractivity contribution in [1.29, 1.82) is 0 Å². The van der Waals surface area contributed by atoms with Crippen LogP contribution in [0, 0.1) is 5.92 Å². The van der Waals surface area contributed by atoms with E-state index < -0.39 is 0 Å². The Morgan fingerprint density at radius 1 is 1.75 bits per heavy atom. The Labute approximate surface area is 103 Å². The van der Waals surface area contributed by atoms with Crippen molar-refractivity contribution in [2.24, 2.45) is 5.92 Å². The van der Waals surface area contributed by atoms with Gasteiger partial charge in [0.1, 0.15) is 0 Å². The van der Waals surface area contributed by atoms with Crippen molar-refractivity contribution in [3.8, 4) is 0 Å². The van der Waals surface area contributed by atoms with Gasteiger partial charge in [-0.2, -0.15) is 0 Å². The van der Waals surface area contributed by atoms with Crippen LogP contribution in [0.4, 0.5) is 0 Å². The van der Waals surface area contributed by atoms with E-state index in [2.05, 4.69) is 15.9 Å². The molecule has 0 fully saturated rings. The molecule has 1 aliphatic rings. The van der Waals surface area contributed by atoms with Crippen LogP contribution in [-0.2, 0) is 14.3 Å². The molecule has 0 N–H and O–H groups in total. The lowest BCUT2D eigenvalue weighted by molar-refractivity contribution is -0.137. The molecule has 0 aromatic carbocycles. The van der Waals surface area contributed by atoms with E-state index >= 15 is 0 Å². The smallest absolute Gasteiger partial charge is 0.330 e. The average Bonchev–Trinajstić information content (AvgIpc) is 2.22. The van der Waals surface area contributed by atoms with Gasteiger partial charge in [0.2, 0.25) is 5.91 Å². The highest BCUT2D eigenvalue weighted by atomic mass is 79.9. The highest BCUT2D eigenvalue weighted by molar-refractivity contribution is 9.11. The first-order chi connectivity index (χ1) is 7.54. The SMILES string of the molecule is CCOC(=O)/C=C/C1CC(=O)N(C)C=C1Br. The van der Waals surface area contributed by atoms with Gasteiger partial charge in [-0.25, -0.2) is 4.79 Å². The van der Waals surface area contributed by atoms with Crippen molar-refractivity contribution >= 4 is 27.8 Å². The van der Waals surface area contributed by atoms with E-state index in [-0.39, 0.29) is 17.8 Å². The Bertz CT molecular complexity index is 349. The molecule has 1 aliphatic heterocycles.